The zero-order valence-corrected chi connectivity index (χ0v) is 18.3. The molecule has 1 N–H and O–H groups in total. The standard InChI is InChI=1S/C21H24BrClN2O3/c1-3-24-21(27)15(2)25(12-11-16-7-5-4-6-8-16)20(26)14-28-19-10-9-17(22)13-18(19)23/h4-10,13,15H,3,11-12,14H2,1-2H3,(H,24,27)/t15-/m1/s1. The van der Waals surface area contributed by atoms with Crippen LogP contribution in [-0.2, 0) is 16.0 Å². The summed E-state index contributed by atoms with van der Waals surface area (Å²) in [6.45, 7) is 4.30. The van der Waals surface area contributed by atoms with Gasteiger partial charge in [0.05, 0.1) is 5.02 Å². The molecule has 0 heterocycles. The monoisotopic (exact) mass is 466 g/mol. The number of halogens is 2. The zero-order valence-electron chi connectivity index (χ0n) is 16.0. The maximum Gasteiger partial charge on any atom is 0.261 e. The molecule has 0 unspecified atom stereocenters. The van der Waals surface area contributed by atoms with Crippen molar-refractivity contribution >= 4 is 39.3 Å². The lowest BCUT2D eigenvalue weighted by Gasteiger charge is -2.28. The molecule has 0 aliphatic rings. The maximum absolute atomic E-state index is 12.8. The van der Waals surface area contributed by atoms with Crippen LogP contribution in [0.1, 0.15) is 19.4 Å². The van der Waals surface area contributed by atoms with Gasteiger partial charge in [-0.3, -0.25) is 9.59 Å². The van der Waals surface area contributed by atoms with Crippen molar-refractivity contribution in [2.75, 3.05) is 19.7 Å². The Morgan fingerprint density at radius 2 is 1.93 bits per heavy atom. The molecular formula is C21H24BrClN2O3. The highest BCUT2D eigenvalue weighted by atomic mass is 79.9. The molecule has 2 rings (SSSR count). The van der Waals surface area contributed by atoms with Gasteiger partial charge in [-0.1, -0.05) is 57.9 Å². The van der Waals surface area contributed by atoms with Crippen LogP contribution >= 0.6 is 27.5 Å². The molecule has 0 radical (unpaired) electrons. The molecule has 2 aromatic rings. The Hall–Kier alpha value is -2.05. The fourth-order valence-electron chi connectivity index (χ4n) is 2.71. The Morgan fingerprint density at radius 3 is 2.57 bits per heavy atom. The minimum atomic E-state index is -0.597. The number of hydrogen-bond acceptors (Lipinski definition) is 3. The number of amides is 2. The van der Waals surface area contributed by atoms with Crippen molar-refractivity contribution < 1.29 is 14.3 Å². The summed E-state index contributed by atoms with van der Waals surface area (Å²) in [5, 5.41) is 3.18. The number of carbonyl (C=O) groups excluding carboxylic acids is 2. The second kappa shape index (κ2) is 11.1. The van der Waals surface area contributed by atoms with E-state index < -0.39 is 6.04 Å². The minimum Gasteiger partial charge on any atom is -0.482 e. The van der Waals surface area contributed by atoms with Crippen LogP contribution in [0.25, 0.3) is 0 Å². The van der Waals surface area contributed by atoms with Crippen molar-refractivity contribution in [2.24, 2.45) is 0 Å². The molecule has 2 aromatic carbocycles. The first-order valence-corrected chi connectivity index (χ1v) is 10.3. The molecule has 0 spiro atoms. The van der Waals surface area contributed by atoms with E-state index in [1.165, 1.54) is 0 Å². The molecule has 0 aromatic heterocycles. The van der Waals surface area contributed by atoms with Gasteiger partial charge in [0.15, 0.2) is 6.61 Å². The lowest BCUT2D eigenvalue weighted by Crippen LogP contribution is -2.50. The highest BCUT2D eigenvalue weighted by Gasteiger charge is 2.25. The number of rotatable bonds is 9. The zero-order chi connectivity index (χ0) is 20.5. The molecule has 7 heteroatoms. The number of carbonyl (C=O) groups is 2. The summed E-state index contributed by atoms with van der Waals surface area (Å²) in [5.74, 6) is -0.0360. The van der Waals surface area contributed by atoms with Crippen LogP contribution in [0.4, 0.5) is 0 Å². The van der Waals surface area contributed by atoms with Crippen molar-refractivity contribution in [3.63, 3.8) is 0 Å². The quantitative estimate of drug-likeness (QED) is 0.605. The first-order chi connectivity index (χ1) is 13.4. The predicted molar refractivity (Wildman–Crippen MR) is 115 cm³/mol. The Kier molecular flexibility index (Phi) is 8.80. The van der Waals surface area contributed by atoms with Crippen molar-refractivity contribution in [1.29, 1.82) is 0 Å². The van der Waals surface area contributed by atoms with E-state index in [1.807, 2.05) is 37.3 Å². The van der Waals surface area contributed by atoms with E-state index in [4.69, 9.17) is 16.3 Å². The van der Waals surface area contributed by atoms with Crippen LogP contribution in [0.2, 0.25) is 5.02 Å². The van der Waals surface area contributed by atoms with Crippen molar-refractivity contribution in [3.8, 4) is 5.75 Å². The average molecular weight is 468 g/mol. The molecule has 0 bridgehead atoms. The molecule has 0 aliphatic heterocycles. The normalized spacial score (nSPS) is 11.6. The fourth-order valence-corrected chi connectivity index (χ4v) is 3.43. The molecule has 5 nitrogen and oxygen atoms in total. The van der Waals surface area contributed by atoms with Gasteiger partial charge >= 0.3 is 0 Å². The van der Waals surface area contributed by atoms with Gasteiger partial charge in [-0.25, -0.2) is 0 Å². The van der Waals surface area contributed by atoms with Crippen LogP contribution in [0.3, 0.4) is 0 Å². The lowest BCUT2D eigenvalue weighted by atomic mass is 10.1. The third kappa shape index (κ3) is 6.53. The van der Waals surface area contributed by atoms with Gasteiger partial charge in [-0.2, -0.15) is 0 Å². The Bertz CT molecular complexity index is 801. The van der Waals surface area contributed by atoms with Gasteiger partial charge in [0.2, 0.25) is 5.91 Å². The van der Waals surface area contributed by atoms with Gasteiger partial charge in [0.1, 0.15) is 11.8 Å². The van der Waals surface area contributed by atoms with Gasteiger partial charge < -0.3 is 15.0 Å². The lowest BCUT2D eigenvalue weighted by molar-refractivity contribution is -0.141. The van der Waals surface area contributed by atoms with Gasteiger partial charge in [0.25, 0.3) is 5.91 Å². The number of hydrogen-bond donors (Lipinski definition) is 1. The third-order valence-corrected chi connectivity index (χ3v) is 5.04. The molecule has 0 saturated carbocycles. The van der Waals surface area contributed by atoms with Gasteiger partial charge in [-0.15, -0.1) is 0 Å². The highest BCUT2D eigenvalue weighted by molar-refractivity contribution is 9.10. The summed E-state index contributed by atoms with van der Waals surface area (Å²) in [6.07, 6.45) is 0.648. The Morgan fingerprint density at radius 1 is 1.21 bits per heavy atom. The van der Waals surface area contributed by atoms with Gasteiger partial charge in [0, 0.05) is 17.6 Å². The molecule has 0 aliphatic carbocycles. The number of nitrogens with zero attached hydrogens (tertiary/aromatic N) is 1. The first-order valence-electron chi connectivity index (χ1n) is 9.11. The van der Waals surface area contributed by atoms with E-state index in [2.05, 4.69) is 21.2 Å². The summed E-state index contributed by atoms with van der Waals surface area (Å²) in [4.78, 5) is 26.7. The summed E-state index contributed by atoms with van der Waals surface area (Å²) in [6, 6.07) is 14.4. The number of benzene rings is 2. The van der Waals surface area contributed by atoms with Crippen molar-refractivity contribution in [1.82, 2.24) is 10.2 Å². The molecule has 1 atom stereocenters. The summed E-state index contributed by atoms with van der Waals surface area (Å²) in [7, 11) is 0. The van der Waals surface area contributed by atoms with Crippen LogP contribution in [0, 0.1) is 0 Å². The highest BCUT2D eigenvalue weighted by Crippen LogP contribution is 2.27. The average Bonchev–Trinajstić information content (AvgIpc) is 2.68. The van der Waals surface area contributed by atoms with E-state index in [0.717, 1.165) is 10.0 Å². The molecule has 2 amide bonds. The summed E-state index contributed by atoms with van der Waals surface area (Å²) < 4.78 is 6.43. The van der Waals surface area contributed by atoms with Crippen LogP contribution < -0.4 is 10.1 Å². The number of likely N-dealkylation sites (N-methyl/N-ethyl adjacent to an activating group) is 1. The number of ether oxygens (including phenoxy) is 1. The topological polar surface area (TPSA) is 58.6 Å². The van der Waals surface area contributed by atoms with E-state index in [1.54, 1.807) is 30.0 Å². The maximum atomic E-state index is 12.8. The molecular weight excluding hydrogens is 444 g/mol. The minimum absolute atomic E-state index is 0.189. The van der Waals surface area contributed by atoms with E-state index in [9.17, 15) is 9.59 Å². The summed E-state index contributed by atoms with van der Waals surface area (Å²) in [5.41, 5.74) is 1.10. The molecule has 150 valence electrons. The SMILES string of the molecule is CCNC(=O)[C@@H](C)N(CCc1ccccc1)C(=O)COc1ccc(Br)cc1Cl. The summed E-state index contributed by atoms with van der Waals surface area (Å²) >= 11 is 9.48. The predicted octanol–water partition coefficient (Wildman–Crippen LogP) is 4.08. The van der Waals surface area contributed by atoms with Crippen LogP contribution in [-0.4, -0.2) is 42.5 Å². The van der Waals surface area contributed by atoms with Gasteiger partial charge in [-0.05, 0) is 44.0 Å². The fraction of sp³-hybridized carbons (Fsp3) is 0.333. The second-order valence-electron chi connectivity index (χ2n) is 6.26. The van der Waals surface area contributed by atoms with E-state index in [-0.39, 0.29) is 18.4 Å². The molecule has 0 saturated heterocycles. The first kappa shape index (κ1) is 22.2. The van der Waals surface area contributed by atoms with Crippen LogP contribution in [0.15, 0.2) is 53.0 Å². The van der Waals surface area contributed by atoms with Crippen LogP contribution in [0.5, 0.6) is 5.75 Å². The number of nitrogens with one attached hydrogen (secondary N) is 1. The molecule has 0 fully saturated rings. The Labute approximate surface area is 179 Å². The van der Waals surface area contributed by atoms with Crippen molar-refractivity contribution in [3.05, 3.63) is 63.6 Å². The largest absolute Gasteiger partial charge is 0.482 e. The van der Waals surface area contributed by atoms with E-state index >= 15 is 0 Å². The Balaban J connectivity index is 2.07. The van der Waals surface area contributed by atoms with Crippen molar-refractivity contribution in [2.45, 2.75) is 26.3 Å². The smallest absolute Gasteiger partial charge is 0.261 e. The second-order valence-corrected chi connectivity index (χ2v) is 7.58. The molecule has 28 heavy (non-hydrogen) atoms. The third-order valence-electron chi connectivity index (χ3n) is 4.25. The van der Waals surface area contributed by atoms with E-state index in [0.29, 0.717) is 30.3 Å².